The Morgan fingerprint density at radius 3 is 0.317 bits per heavy atom. The third kappa shape index (κ3) is 1.81. The van der Waals surface area contributed by atoms with E-state index in [9.17, 15) is 0 Å². The largest absolute Gasteiger partial charge is 0.230 e. The number of hydrogen-bond donors (Lipinski definition) is 0. The number of hydrogen-bond acceptors (Lipinski definition) is 4. The Hall–Kier alpha value is -9.00. The van der Waals surface area contributed by atoms with Crippen molar-refractivity contribution in [2.24, 2.45) is 0 Å². The van der Waals surface area contributed by atoms with E-state index in [1.54, 1.807) is 199 Å². The summed E-state index contributed by atoms with van der Waals surface area (Å²) in [4.78, 5) is 31.5. The normalized spacial score (nSPS) is 21.6. The van der Waals surface area contributed by atoms with Crippen LogP contribution >= 0.6 is 0 Å². The number of benzene rings is 23. The molecule has 0 aliphatic heterocycles. The van der Waals surface area contributed by atoms with E-state index in [0.29, 0.717) is 0 Å². The molecule has 2 atom stereocenters. The molecule has 4 aliphatic rings. The fourth-order valence-electron chi connectivity index (χ4n) is 27.5. The van der Waals surface area contributed by atoms with Gasteiger partial charge in [-0.15, -0.1) is 0 Å². The predicted octanol–water partition coefficient (Wildman–Crippen LogP) is 21.7. The van der Waals surface area contributed by atoms with Crippen molar-refractivity contribution in [3.8, 4) is 0 Å². The van der Waals surface area contributed by atoms with Gasteiger partial charge in [-0.2, -0.15) is 0 Å². The maximum absolute atomic E-state index is 8.32. The molecule has 4 nitrogen and oxygen atoms in total. The van der Waals surface area contributed by atoms with Crippen LogP contribution in [0.3, 0.4) is 0 Å². The highest BCUT2D eigenvalue weighted by molar-refractivity contribution is 6.83. The second kappa shape index (κ2) is 7.30. The van der Waals surface area contributed by atoms with Gasteiger partial charge in [0, 0.05) is 22.3 Å². The molecule has 354 valence electrons. The van der Waals surface area contributed by atoms with Gasteiger partial charge in [-0.25, -0.2) is 19.6 Å². The molecule has 0 heterocycles. The standard InChI is InChI=1S/C78H18O4/c1-75(2,3)79-81-77-71-63-55-44-33-23-13-8-7-9-11-10(8)17-21-22-18(11)26-24-14(9)20-16-12(7)15-19(13)29(33)40-35-27(15)28(16)36-41-30(20)34(24)45-47-38(26)43-32(22)39-31(21)42-37(25(17)23)46(44)59-52(42)61-54(39)62-53(43)60(47)68-64-56(45)51(41)58-49(36)48(35)57(50(40)55)65(71)66(58)72(64)78(77,82-80-76(4,5)6)74(68)70(62)69(61)73(77)67(59)63/h1-6H3. The van der Waals surface area contributed by atoms with Gasteiger partial charge in [-0.05, 0) is 386 Å². The van der Waals surface area contributed by atoms with E-state index in [4.69, 9.17) is 19.6 Å². The topological polar surface area (TPSA) is 36.9 Å². The van der Waals surface area contributed by atoms with Crippen LogP contribution in [0.1, 0.15) is 63.8 Å². The highest BCUT2D eigenvalue weighted by Gasteiger charge is 2.74. The molecular weight excluding hydrogens is 1000 g/mol. The molecule has 4 aliphatic carbocycles. The first-order valence-corrected chi connectivity index (χ1v) is 30.4. The van der Waals surface area contributed by atoms with Gasteiger partial charge in [-0.3, -0.25) is 0 Å². The van der Waals surface area contributed by atoms with Crippen LogP contribution in [0.25, 0.3) is 345 Å². The minimum atomic E-state index is -1.30. The van der Waals surface area contributed by atoms with Gasteiger partial charge in [0.2, 0.25) is 0 Å². The first-order chi connectivity index (χ1) is 40.2. The van der Waals surface area contributed by atoms with Gasteiger partial charge < -0.3 is 0 Å². The molecule has 4 heteroatoms. The first-order valence-electron chi connectivity index (χ1n) is 30.4. The van der Waals surface area contributed by atoms with Gasteiger partial charge in [0.15, 0.2) is 11.2 Å². The Bertz CT molecular complexity index is 8380. The second-order valence-electron chi connectivity index (χ2n) is 31.4. The van der Waals surface area contributed by atoms with E-state index >= 15 is 0 Å². The molecular formula is C78H18O4. The van der Waals surface area contributed by atoms with Crippen molar-refractivity contribution in [1.29, 1.82) is 0 Å². The zero-order chi connectivity index (χ0) is 50.1. The Balaban J connectivity index is 1.12. The molecule has 0 aromatic heterocycles. The van der Waals surface area contributed by atoms with E-state index in [2.05, 4.69) is 41.5 Å². The van der Waals surface area contributed by atoms with Gasteiger partial charge in [-0.1, -0.05) is 0 Å². The Labute approximate surface area is 447 Å². The van der Waals surface area contributed by atoms with Crippen LogP contribution in [0.4, 0.5) is 0 Å². The molecule has 0 saturated heterocycles. The Morgan fingerprint density at radius 1 is 0.146 bits per heavy atom. The third-order valence-electron chi connectivity index (χ3n) is 27.7. The van der Waals surface area contributed by atoms with E-state index in [1.165, 1.54) is 168 Å². The molecule has 0 spiro atoms. The van der Waals surface area contributed by atoms with Gasteiger partial charge >= 0.3 is 0 Å². The summed E-state index contributed by atoms with van der Waals surface area (Å²) in [5.74, 6) is 0. The summed E-state index contributed by atoms with van der Waals surface area (Å²) in [6.45, 7) is 13.1. The summed E-state index contributed by atoms with van der Waals surface area (Å²) in [6.07, 6.45) is 0. The van der Waals surface area contributed by atoms with Crippen LogP contribution in [-0.4, -0.2) is 11.2 Å². The van der Waals surface area contributed by atoms with Crippen LogP contribution in [0.5, 0.6) is 0 Å². The van der Waals surface area contributed by atoms with Gasteiger partial charge in [0.25, 0.3) is 0 Å². The zero-order valence-corrected chi connectivity index (χ0v) is 43.6. The van der Waals surface area contributed by atoms with E-state index < -0.39 is 22.4 Å². The monoisotopic (exact) mass is 1020 g/mol. The molecule has 33 aromatic carbocycles. The molecule has 82 heavy (non-hydrogen) atoms. The molecule has 0 fully saturated rings. The maximum atomic E-state index is 8.32. The van der Waals surface area contributed by atoms with Crippen molar-refractivity contribution in [2.75, 3.05) is 0 Å². The third-order valence-corrected chi connectivity index (χ3v) is 27.7. The molecule has 0 N–H and O–H groups in total. The molecule has 2 unspecified atom stereocenters. The van der Waals surface area contributed by atoms with Crippen LogP contribution < -0.4 is 0 Å². The minimum absolute atomic E-state index is 0.662. The lowest BCUT2D eigenvalue weighted by Crippen LogP contribution is -2.56. The summed E-state index contributed by atoms with van der Waals surface area (Å²) in [5, 5.41) is 98.5. The fraction of sp³-hybridized carbons (Fsp3) is 0.128. The van der Waals surface area contributed by atoms with Crippen molar-refractivity contribution in [2.45, 2.75) is 63.9 Å². The molecule has 0 radical (unpaired) electrons. The molecule has 33 aromatic rings. The summed E-state index contributed by atoms with van der Waals surface area (Å²) in [5.41, 5.74) is 1.24. The molecule has 0 saturated carbocycles. The Morgan fingerprint density at radius 2 is 0.232 bits per heavy atom. The molecule has 0 bridgehead atoms. The Kier molecular flexibility index (Phi) is 2.89. The lowest BCUT2D eigenvalue weighted by Gasteiger charge is -2.52. The van der Waals surface area contributed by atoms with Crippen LogP contribution in [0.2, 0.25) is 0 Å². The molecule has 37 rings (SSSR count). The molecule has 0 amide bonds. The predicted molar refractivity (Wildman–Crippen MR) is 341 cm³/mol. The SMILES string of the molecule is CC(C)(C)OOC12c3c4c5c6c7c8c(c9c%10c1c1c3c3c%11c4c4c5c5c7c7c%12c8c8c9c9c%13c%10c%10c1c1c3c3c%11c%11c4c4c5c7c5c7c%12c%12c8c9c8c9c%13c%10c%10c1c1c3c3c%11c4c5c4c3c3c1c%10c9c1c8c%12c7c4c13)C62OOC(C)(C)C. The highest BCUT2D eigenvalue weighted by Crippen LogP contribution is 2.85. The second-order valence-corrected chi connectivity index (χ2v) is 31.4. The summed E-state index contributed by atoms with van der Waals surface area (Å²) < 4.78 is 0. The quantitative estimate of drug-likeness (QED) is 0.0762. The average molecular weight is 1020 g/mol. The van der Waals surface area contributed by atoms with E-state index in [-0.39, 0.29) is 0 Å². The van der Waals surface area contributed by atoms with Crippen molar-refractivity contribution in [3.63, 3.8) is 0 Å². The van der Waals surface area contributed by atoms with E-state index in [1.807, 2.05) is 0 Å². The highest BCUT2D eigenvalue weighted by atomic mass is 17.2. The minimum Gasteiger partial charge on any atom is -0.230 e. The van der Waals surface area contributed by atoms with E-state index in [0.717, 1.165) is 0 Å². The van der Waals surface area contributed by atoms with Gasteiger partial charge in [0.1, 0.15) is 0 Å². The lowest BCUT2D eigenvalue weighted by molar-refractivity contribution is -0.477. The van der Waals surface area contributed by atoms with Gasteiger partial charge in [0.05, 0.1) is 11.2 Å². The average Bonchev–Trinajstić information content (AvgIpc) is 1.43. The first kappa shape index (κ1) is 32.4. The fourth-order valence-corrected chi connectivity index (χ4v) is 27.5. The van der Waals surface area contributed by atoms with Crippen LogP contribution in [-0.2, 0) is 30.8 Å². The smallest absolute Gasteiger partial charge is 0.196 e. The van der Waals surface area contributed by atoms with Crippen molar-refractivity contribution in [1.82, 2.24) is 0 Å². The summed E-state index contributed by atoms with van der Waals surface area (Å²) in [6, 6.07) is 0. The number of rotatable bonds is 4. The summed E-state index contributed by atoms with van der Waals surface area (Å²) in [7, 11) is 0. The zero-order valence-electron chi connectivity index (χ0n) is 43.6. The van der Waals surface area contributed by atoms with Crippen molar-refractivity contribution >= 4 is 345 Å². The van der Waals surface area contributed by atoms with Crippen LogP contribution in [0, 0.1) is 0 Å². The van der Waals surface area contributed by atoms with Crippen molar-refractivity contribution in [3.05, 3.63) is 22.3 Å². The lowest BCUT2D eigenvalue weighted by atomic mass is 9.60. The van der Waals surface area contributed by atoms with Crippen molar-refractivity contribution < 1.29 is 19.6 Å². The maximum Gasteiger partial charge on any atom is 0.196 e. The van der Waals surface area contributed by atoms with Crippen LogP contribution in [0.15, 0.2) is 0 Å². The summed E-state index contributed by atoms with van der Waals surface area (Å²) >= 11 is 0.